The average Bonchev–Trinajstić information content (AvgIpc) is 2.75. The van der Waals surface area contributed by atoms with Gasteiger partial charge in [-0.2, -0.15) is 0 Å². The van der Waals surface area contributed by atoms with Gasteiger partial charge >= 0.3 is 0 Å². The van der Waals surface area contributed by atoms with Crippen LogP contribution in [-0.4, -0.2) is 4.98 Å². The van der Waals surface area contributed by atoms with Gasteiger partial charge in [0.05, 0.1) is 16.1 Å². The number of rotatable bonds is 3. The second kappa shape index (κ2) is 4.95. The van der Waals surface area contributed by atoms with E-state index in [9.17, 15) is 0 Å². The lowest BCUT2D eigenvalue weighted by atomic mass is 10.0. The van der Waals surface area contributed by atoms with Gasteiger partial charge in [0.2, 0.25) is 0 Å². The van der Waals surface area contributed by atoms with Crippen molar-refractivity contribution in [2.24, 2.45) is 5.73 Å². The Hall–Kier alpha value is -0.900. The summed E-state index contributed by atoms with van der Waals surface area (Å²) in [7, 11) is 0. The van der Waals surface area contributed by atoms with E-state index in [1.54, 1.807) is 6.20 Å². The van der Waals surface area contributed by atoms with Gasteiger partial charge in [-0.15, -0.1) is 11.3 Å². The molecule has 1 atom stereocenters. The topological polar surface area (TPSA) is 38.9 Å². The fourth-order valence-electron chi connectivity index (χ4n) is 1.66. The predicted molar refractivity (Wildman–Crippen MR) is 69.0 cm³/mol. The molecule has 2 rings (SSSR count). The summed E-state index contributed by atoms with van der Waals surface area (Å²) in [4.78, 5) is 5.43. The number of halogens is 1. The zero-order valence-corrected chi connectivity index (χ0v) is 10.6. The molecule has 0 aliphatic carbocycles. The maximum absolute atomic E-state index is 6.20. The van der Waals surface area contributed by atoms with Crippen LogP contribution in [-0.2, 0) is 6.42 Å². The third-order valence-corrected chi connectivity index (χ3v) is 3.82. The Morgan fingerprint density at radius 3 is 2.88 bits per heavy atom. The first-order chi connectivity index (χ1) is 7.72. The number of aryl methyl sites for hydroxylation is 1. The van der Waals surface area contributed by atoms with E-state index >= 15 is 0 Å². The van der Waals surface area contributed by atoms with Gasteiger partial charge in [0, 0.05) is 11.1 Å². The van der Waals surface area contributed by atoms with Gasteiger partial charge in [0.25, 0.3) is 0 Å². The highest BCUT2D eigenvalue weighted by Crippen LogP contribution is 2.29. The molecule has 2 aromatic heterocycles. The molecule has 0 spiro atoms. The standard InChI is InChI=1S/C12H13ClN2S/c1-2-8-4-3-7-15-12(8)11(14)9-5-6-10(13)16-9/h3-7,11H,2,14H2,1H3. The summed E-state index contributed by atoms with van der Waals surface area (Å²) >= 11 is 7.42. The third kappa shape index (κ3) is 2.26. The Balaban J connectivity index is 2.36. The summed E-state index contributed by atoms with van der Waals surface area (Å²) in [6.45, 7) is 2.11. The summed E-state index contributed by atoms with van der Waals surface area (Å²) < 4.78 is 0.763. The number of nitrogens with zero attached hydrogens (tertiary/aromatic N) is 1. The number of aromatic nitrogens is 1. The van der Waals surface area contributed by atoms with Crippen LogP contribution in [0.4, 0.5) is 0 Å². The zero-order valence-electron chi connectivity index (χ0n) is 8.98. The van der Waals surface area contributed by atoms with Crippen LogP contribution in [0, 0.1) is 0 Å². The quantitative estimate of drug-likeness (QED) is 0.909. The first-order valence-corrected chi connectivity index (χ1v) is 6.36. The van der Waals surface area contributed by atoms with Crippen LogP contribution >= 0.6 is 22.9 Å². The van der Waals surface area contributed by atoms with Crippen molar-refractivity contribution >= 4 is 22.9 Å². The smallest absolute Gasteiger partial charge is 0.0931 e. The summed E-state index contributed by atoms with van der Waals surface area (Å²) in [5.41, 5.74) is 8.34. The normalized spacial score (nSPS) is 12.7. The monoisotopic (exact) mass is 252 g/mol. The van der Waals surface area contributed by atoms with Gasteiger partial charge in [-0.05, 0) is 30.2 Å². The zero-order chi connectivity index (χ0) is 11.5. The molecule has 0 radical (unpaired) electrons. The molecule has 0 saturated carbocycles. The van der Waals surface area contributed by atoms with E-state index in [-0.39, 0.29) is 6.04 Å². The van der Waals surface area contributed by atoms with Crippen molar-refractivity contribution in [2.45, 2.75) is 19.4 Å². The molecule has 0 saturated heterocycles. The van der Waals surface area contributed by atoms with Crippen LogP contribution in [0.1, 0.15) is 29.1 Å². The minimum Gasteiger partial charge on any atom is -0.318 e. The van der Waals surface area contributed by atoms with E-state index in [1.165, 1.54) is 16.9 Å². The molecule has 2 N–H and O–H groups in total. The number of nitrogens with two attached hydrogens (primary N) is 1. The largest absolute Gasteiger partial charge is 0.318 e. The summed E-state index contributed by atoms with van der Waals surface area (Å²) in [5.74, 6) is 0. The summed E-state index contributed by atoms with van der Waals surface area (Å²) in [5, 5.41) is 0. The van der Waals surface area contributed by atoms with Gasteiger partial charge in [-0.25, -0.2) is 0 Å². The Labute approximate surface area is 104 Å². The van der Waals surface area contributed by atoms with Gasteiger partial charge in [-0.1, -0.05) is 24.6 Å². The van der Waals surface area contributed by atoms with E-state index in [1.807, 2.05) is 18.2 Å². The predicted octanol–water partition coefficient (Wildman–Crippen LogP) is 3.41. The molecule has 0 bridgehead atoms. The number of hydrogen-bond donors (Lipinski definition) is 1. The first kappa shape index (κ1) is 11.6. The highest BCUT2D eigenvalue weighted by Gasteiger charge is 2.15. The maximum Gasteiger partial charge on any atom is 0.0931 e. The van der Waals surface area contributed by atoms with Crippen molar-refractivity contribution < 1.29 is 0 Å². The van der Waals surface area contributed by atoms with Gasteiger partial charge < -0.3 is 5.73 Å². The van der Waals surface area contributed by atoms with E-state index in [0.717, 1.165) is 21.3 Å². The van der Waals surface area contributed by atoms with Crippen molar-refractivity contribution in [1.29, 1.82) is 0 Å². The molecule has 0 aromatic carbocycles. The van der Waals surface area contributed by atoms with E-state index in [0.29, 0.717) is 0 Å². The lowest BCUT2D eigenvalue weighted by Crippen LogP contribution is -2.14. The summed E-state index contributed by atoms with van der Waals surface area (Å²) in [6.07, 6.45) is 2.72. The van der Waals surface area contributed by atoms with E-state index in [4.69, 9.17) is 17.3 Å². The molecule has 1 unspecified atom stereocenters. The molecule has 84 valence electrons. The van der Waals surface area contributed by atoms with Crippen LogP contribution in [0.2, 0.25) is 4.34 Å². The number of thiophene rings is 1. The molecule has 0 fully saturated rings. The average molecular weight is 253 g/mol. The fourth-order valence-corrected chi connectivity index (χ4v) is 2.73. The fraction of sp³-hybridized carbons (Fsp3) is 0.250. The first-order valence-electron chi connectivity index (χ1n) is 5.17. The molecule has 0 aliphatic heterocycles. The van der Waals surface area contributed by atoms with Crippen molar-refractivity contribution in [3.05, 3.63) is 50.9 Å². The van der Waals surface area contributed by atoms with Gasteiger partial charge in [-0.3, -0.25) is 4.98 Å². The lowest BCUT2D eigenvalue weighted by molar-refractivity contribution is 0.821. The van der Waals surface area contributed by atoms with Crippen LogP contribution in [0.5, 0.6) is 0 Å². The molecular formula is C12H13ClN2S. The van der Waals surface area contributed by atoms with Crippen molar-refractivity contribution in [2.75, 3.05) is 0 Å². The highest BCUT2D eigenvalue weighted by molar-refractivity contribution is 7.16. The number of hydrogen-bond acceptors (Lipinski definition) is 3. The SMILES string of the molecule is CCc1cccnc1C(N)c1ccc(Cl)s1. The van der Waals surface area contributed by atoms with Crippen molar-refractivity contribution in [3.8, 4) is 0 Å². The second-order valence-electron chi connectivity index (χ2n) is 3.52. The molecule has 0 amide bonds. The third-order valence-electron chi connectivity index (χ3n) is 2.50. The Kier molecular flexibility index (Phi) is 3.59. The Bertz CT molecular complexity index is 481. The molecule has 2 heterocycles. The lowest BCUT2D eigenvalue weighted by Gasteiger charge is -2.12. The second-order valence-corrected chi connectivity index (χ2v) is 5.27. The minimum absolute atomic E-state index is 0.173. The van der Waals surface area contributed by atoms with Crippen molar-refractivity contribution in [3.63, 3.8) is 0 Å². The van der Waals surface area contributed by atoms with E-state index < -0.39 is 0 Å². The molecule has 16 heavy (non-hydrogen) atoms. The molecule has 2 aromatic rings. The van der Waals surface area contributed by atoms with Crippen LogP contribution in [0.25, 0.3) is 0 Å². The Morgan fingerprint density at radius 2 is 2.25 bits per heavy atom. The molecule has 4 heteroatoms. The molecule has 0 aliphatic rings. The Morgan fingerprint density at radius 1 is 1.44 bits per heavy atom. The minimum atomic E-state index is -0.173. The molecule has 2 nitrogen and oxygen atoms in total. The maximum atomic E-state index is 6.20. The number of pyridine rings is 1. The van der Waals surface area contributed by atoms with Crippen LogP contribution < -0.4 is 5.73 Å². The van der Waals surface area contributed by atoms with E-state index in [2.05, 4.69) is 18.0 Å². The van der Waals surface area contributed by atoms with Crippen LogP contribution in [0.3, 0.4) is 0 Å². The van der Waals surface area contributed by atoms with Gasteiger partial charge in [0.1, 0.15) is 0 Å². The van der Waals surface area contributed by atoms with Crippen LogP contribution in [0.15, 0.2) is 30.5 Å². The molecular weight excluding hydrogens is 240 g/mol. The van der Waals surface area contributed by atoms with Gasteiger partial charge in [0.15, 0.2) is 0 Å². The summed E-state index contributed by atoms with van der Waals surface area (Å²) in [6, 6.07) is 7.67. The highest BCUT2D eigenvalue weighted by atomic mass is 35.5. The van der Waals surface area contributed by atoms with Crippen molar-refractivity contribution in [1.82, 2.24) is 4.98 Å².